The Hall–Kier alpha value is -0.0800. The average Bonchev–Trinajstić information content (AvgIpc) is 2.88. The molecule has 1 saturated heterocycles. The molecule has 0 amide bonds. The zero-order valence-electron chi connectivity index (χ0n) is 16.4. The molecule has 0 aromatic carbocycles. The summed E-state index contributed by atoms with van der Waals surface area (Å²) in [5, 5.41) is 0. The molecule has 0 unspecified atom stereocenters. The molecular formula is C20H42N2. The van der Waals surface area contributed by atoms with Crippen molar-refractivity contribution in [1.29, 1.82) is 0 Å². The monoisotopic (exact) mass is 310 g/mol. The zero-order valence-corrected chi connectivity index (χ0v) is 16.4. The lowest BCUT2D eigenvalue weighted by molar-refractivity contribution is 0.213. The summed E-state index contributed by atoms with van der Waals surface area (Å²) in [4.78, 5) is 5.18. The highest BCUT2D eigenvalue weighted by Gasteiger charge is 2.19. The highest BCUT2D eigenvalue weighted by atomic mass is 15.1. The summed E-state index contributed by atoms with van der Waals surface area (Å²) in [6.45, 7) is 18.5. The molecule has 0 aromatic heterocycles. The van der Waals surface area contributed by atoms with Crippen molar-refractivity contribution in [2.75, 3.05) is 39.8 Å². The molecule has 1 aliphatic rings. The van der Waals surface area contributed by atoms with Crippen molar-refractivity contribution < 1.29 is 0 Å². The minimum atomic E-state index is 0.482. The van der Waals surface area contributed by atoms with Crippen LogP contribution in [0.15, 0.2) is 0 Å². The Kier molecular flexibility index (Phi) is 8.42. The van der Waals surface area contributed by atoms with Crippen LogP contribution in [0.2, 0.25) is 0 Å². The normalized spacial score (nSPS) is 17.6. The van der Waals surface area contributed by atoms with E-state index in [1.807, 2.05) is 0 Å². The van der Waals surface area contributed by atoms with Crippen LogP contribution in [0.25, 0.3) is 0 Å². The Morgan fingerprint density at radius 3 is 2.05 bits per heavy atom. The molecular weight excluding hydrogens is 268 g/mol. The maximum atomic E-state index is 2.65. The van der Waals surface area contributed by atoms with Gasteiger partial charge in [-0.25, -0.2) is 0 Å². The third kappa shape index (κ3) is 9.84. The highest BCUT2D eigenvalue weighted by molar-refractivity contribution is 4.73. The van der Waals surface area contributed by atoms with Gasteiger partial charge in [-0.15, -0.1) is 0 Å². The lowest BCUT2D eigenvalue weighted by atomic mass is 9.84. The summed E-state index contributed by atoms with van der Waals surface area (Å²) in [6.07, 6.45) is 9.58. The zero-order chi connectivity index (χ0) is 16.6. The number of nitrogens with zero attached hydrogens (tertiary/aromatic N) is 2. The van der Waals surface area contributed by atoms with Gasteiger partial charge in [0.2, 0.25) is 0 Å². The Morgan fingerprint density at radius 1 is 0.818 bits per heavy atom. The van der Waals surface area contributed by atoms with Crippen LogP contribution >= 0.6 is 0 Å². The van der Waals surface area contributed by atoms with Crippen LogP contribution < -0.4 is 0 Å². The molecule has 0 aliphatic carbocycles. The molecule has 1 fully saturated rings. The van der Waals surface area contributed by atoms with Gasteiger partial charge in [0.1, 0.15) is 0 Å². The maximum Gasteiger partial charge on any atom is -0.00167 e. The van der Waals surface area contributed by atoms with Gasteiger partial charge >= 0.3 is 0 Å². The number of rotatable bonds is 10. The molecule has 2 heteroatoms. The highest BCUT2D eigenvalue weighted by Crippen LogP contribution is 2.27. The lowest BCUT2D eigenvalue weighted by Gasteiger charge is -2.29. The lowest BCUT2D eigenvalue weighted by Crippen LogP contribution is -2.27. The van der Waals surface area contributed by atoms with Crippen LogP contribution in [-0.4, -0.2) is 49.6 Å². The number of hydrogen-bond acceptors (Lipinski definition) is 2. The Bertz CT molecular complexity index is 285. The Morgan fingerprint density at radius 2 is 1.45 bits per heavy atom. The van der Waals surface area contributed by atoms with Crippen LogP contribution in [0.1, 0.15) is 79.6 Å². The maximum absolute atomic E-state index is 2.65. The SMILES string of the molecule is CN(CCCC(C)(C)C)CCC(C)(C)CCCN1CCCC1. The summed E-state index contributed by atoms with van der Waals surface area (Å²) in [6, 6.07) is 0. The molecule has 2 nitrogen and oxygen atoms in total. The first kappa shape index (κ1) is 20.0. The molecule has 22 heavy (non-hydrogen) atoms. The first-order valence-corrected chi connectivity index (χ1v) is 9.59. The molecule has 0 N–H and O–H groups in total. The van der Waals surface area contributed by atoms with Gasteiger partial charge in [-0.2, -0.15) is 0 Å². The molecule has 0 radical (unpaired) electrons. The second-order valence-electron chi connectivity index (χ2n) is 9.53. The van der Waals surface area contributed by atoms with E-state index in [4.69, 9.17) is 0 Å². The van der Waals surface area contributed by atoms with Crippen molar-refractivity contribution in [3.05, 3.63) is 0 Å². The van der Waals surface area contributed by atoms with Crippen molar-refractivity contribution in [1.82, 2.24) is 9.80 Å². The summed E-state index contributed by atoms with van der Waals surface area (Å²) >= 11 is 0. The molecule has 0 aromatic rings. The van der Waals surface area contributed by atoms with Crippen molar-refractivity contribution in [2.45, 2.75) is 79.6 Å². The molecule has 0 saturated carbocycles. The van der Waals surface area contributed by atoms with Gasteiger partial charge in [-0.3, -0.25) is 0 Å². The minimum absolute atomic E-state index is 0.482. The van der Waals surface area contributed by atoms with Crippen molar-refractivity contribution in [3.8, 4) is 0 Å². The predicted octanol–water partition coefficient (Wildman–Crippen LogP) is 5.04. The van der Waals surface area contributed by atoms with E-state index in [9.17, 15) is 0 Å². The van der Waals surface area contributed by atoms with E-state index < -0.39 is 0 Å². The minimum Gasteiger partial charge on any atom is -0.306 e. The fourth-order valence-electron chi connectivity index (χ4n) is 3.40. The van der Waals surface area contributed by atoms with Crippen LogP contribution in [0.3, 0.4) is 0 Å². The largest absolute Gasteiger partial charge is 0.306 e. The van der Waals surface area contributed by atoms with E-state index in [0.717, 1.165) is 0 Å². The topological polar surface area (TPSA) is 6.48 Å². The van der Waals surface area contributed by atoms with Crippen molar-refractivity contribution >= 4 is 0 Å². The summed E-state index contributed by atoms with van der Waals surface area (Å²) in [5.41, 5.74) is 0.980. The second-order valence-corrected chi connectivity index (χ2v) is 9.53. The summed E-state index contributed by atoms with van der Waals surface area (Å²) in [7, 11) is 2.29. The van der Waals surface area contributed by atoms with Gasteiger partial charge in [0.05, 0.1) is 0 Å². The average molecular weight is 311 g/mol. The number of likely N-dealkylation sites (tertiary alicyclic amines) is 1. The van der Waals surface area contributed by atoms with Crippen LogP contribution in [0.5, 0.6) is 0 Å². The van der Waals surface area contributed by atoms with E-state index in [-0.39, 0.29) is 0 Å². The third-order valence-corrected chi connectivity index (χ3v) is 5.16. The molecule has 132 valence electrons. The fourth-order valence-corrected chi connectivity index (χ4v) is 3.40. The summed E-state index contributed by atoms with van der Waals surface area (Å²) < 4.78 is 0. The third-order valence-electron chi connectivity index (χ3n) is 5.16. The van der Waals surface area contributed by atoms with E-state index in [1.54, 1.807) is 0 Å². The molecule has 0 spiro atoms. The van der Waals surface area contributed by atoms with Gasteiger partial charge in [-0.05, 0) is 95.5 Å². The van der Waals surface area contributed by atoms with Crippen molar-refractivity contribution in [2.24, 2.45) is 10.8 Å². The quantitative estimate of drug-likeness (QED) is 0.558. The Balaban J connectivity index is 2.09. The molecule has 1 heterocycles. The van der Waals surface area contributed by atoms with Gasteiger partial charge < -0.3 is 9.80 Å². The van der Waals surface area contributed by atoms with E-state index >= 15 is 0 Å². The fraction of sp³-hybridized carbons (Fsp3) is 1.00. The van der Waals surface area contributed by atoms with Crippen LogP contribution in [0, 0.1) is 10.8 Å². The van der Waals surface area contributed by atoms with Crippen LogP contribution in [0.4, 0.5) is 0 Å². The number of hydrogen-bond donors (Lipinski definition) is 0. The molecule has 0 atom stereocenters. The predicted molar refractivity (Wildman–Crippen MR) is 99.5 cm³/mol. The van der Waals surface area contributed by atoms with E-state index in [0.29, 0.717) is 10.8 Å². The Labute approximate surface area is 140 Å². The van der Waals surface area contributed by atoms with Gasteiger partial charge in [-0.1, -0.05) is 34.6 Å². The second kappa shape index (κ2) is 9.27. The molecule has 1 aliphatic heterocycles. The smallest absolute Gasteiger partial charge is 0.00167 e. The first-order valence-electron chi connectivity index (χ1n) is 9.59. The van der Waals surface area contributed by atoms with E-state index in [2.05, 4.69) is 51.5 Å². The van der Waals surface area contributed by atoms with Gasteiger partial charge in [0.15, 0.2) is 0 Å². The first-order chi connectivity index (χ1) is 10.2. The van der Waals surface area contributed by atoms with Gasteiger partial charge in [0, 0.05) is 0 Å². The molecule has 1 rings (SSSR count). The van der Waals surface area contributed by atoms with E-state index in [1.165, 1.54) is 77.7 Å². The summed E-state index contributed by atoms with van der Waals surface area (Å²) in [5.74, 6) is 0. The van der Waals surface area contributed by atoms with Gasteiger partial charge in [0.25, 0.3) is 0 Å². The van der Waals surface area contributed by atoms with Crippen LogP contribution in [-0.2, 0) is 0 Å². The standard InChI is InChI=1S/C20H42N2/c1-19(2,3)11-9-14-21(6)18-13-20(4,5)12-10-17-22-15-7-8-16-22/h7-18H2,1-6H3. The van der Waals surface area contributed by atoms with Crippen molar-refractivity contribution in [3.63, 3.8) is 0 Å². The molecule has 0 bridgehead atoms.